The highest BCUT2D eigenvalue weighted by Gasteiger charge is 2.27. The van der Waals surface area contributed by atoms with E-state index in [1.54, 1.807) is 0 Å². The molecule has 1 aliphatic carbocycles. The number of benzene rings is 2. The summed E-state index contributed by atoms with van der Waals surface area (Å²) in [5, 5.41) is 29.3. The fourth-order valence-electron chi connectivity index (χ4n) is 4.15. The molecule has 1 aromatic heterocycles. The van der Waals surface area contributed by atoms with Crippen LogP contribution in [0.2, 0.25) is 0 Å². The number of rotatable bonds is 7. The Morgan fingerprint density at radius 2 is 2.10 bits per heavy atom. The fraction of sp³-hybridized carbons (Fsp3) is 0.320. The van der Waals surface area contributed by atoms with E-state index in [9.17, 15) is 10.4 Å². The van der Waals surface area contributed by atoms with Crippen molar-refractivity contribution in [1.29, 1.82) is 5.26 Å². The zero-order chi connectivity index (χ0) is 22.0. The van der Waals surface area contributed by atoms with Crippen molar-refractivity contribution < 1.29 is 9.84 Å². The molecule has 6 heteroatoms. The predicted molar refractivity (Wildman–Crippen MR) is 123 cm³/mol. The first kappa shape index (κ1) is 21.2. The quantitative estimate of drug-likeness (QED) is 0.500. The van der Waals surface area contributed by atoms with Crippen LogP contribution in [0, 0.1) is 11.3 Å². The van der Waals surface area contributed by atoms with Gasteiger partial charge in [-0.1, -0.05) is 41.7 Å². The van der Waals surface area contributed by atoms with E-state index in [4.69, 9.17) is 4.74 Å². The molecular weight excluding hydrogens is 406 g/mol. The lowest BCUT2D eigenvalue weighted by Crippen LogP contribution is -2.06. The summed E-state index contributed by atoms with van der Waals surface area (Å²) in [4.78, 5) is 0. The number of nitrogens with zero attached hydrogens (tertiary/aromatic N) is 3. The van der Waals surface area contributed by atoms with Crippen molar-refractivity contribution in [2.45, 2.75) is 45.1 Å². The van der Waals surface area contributed by atoms with Gasteiger partial charge in [0, 0.05) is 23.7 Å². The molecular formula is C25H25N3O2S. The molecule has 2 aromatic carbocycles. The van der Waals surface area contributed by atoms with Crippen LogP contribution in [-0.4, -0.2) is 28.0 Å². The molecule has 0 saturated carbocycles. The highest BCUT2D eigenvalue weighted by molar-refractivity contribution is 7.17. The molecule has 1 heterocycles. The molecule has 4 rings (SSSR count). The smallest absolute Gasteiger partial charge is 0.148 e. The van der Waals surface area contributed by atoms with Gasteiger partial charge < -0.3 is 9.84 Å². The normalized spacial score (nSPS) is 15.0. The zero-order valence-electron chi connectivity index (χ0n) is 17.8. The number of ether oxygens (including phenoxy) is 1. The second-order valence-corrected chi connectivity index (χ2v) is 8.98. The van der Waals surface area contributed by atoms with Crippen molar-refractivity contribution in [2.24, 2.45) is 0 Å². The molecule has 0 saturated heterocycles. The van der Waals surface area contributed by atoms with Crippen LogP contribution in [0.4, 0.5) is 0 Å². The summed E-state index contributed by atoms with van der Waals surface area (Å²) in [6, 6.07) is 14.1. The number of fused-ring (bicyclic) bond motifs is 1. The topological polar surface area (TPSA) is 79.0 Å². The molecule has 1 aliphatic rings. The van der Waals surface area contributed by atoms with Crippen molar-refractivity contribution >= 4 is 11.3 Å². The van der Waals surface area contributed by atoms with E-state index < -0.39 is 0 Å². The van der Waals surface area contributed by atoms with E-state index >= 15 is 0 Å². The van der Waals surface area contributed by atoms with Gasteiger partial charge in [0.05, 0.1) is 11.7 Å². The van der Waals surface area contributed by atoms with Crippen LogP contribution in [0.15, 0.2) is 48.6 Å². The van der Waals surface area contributed by atoms with Crippen LogP contribution in [0.25, 0.3) is 21.1 Å². The maximum atomic E-state index is 9.51. The van der Waals surface area contributed by atoms with Crippen LogP contribution in [0.3, 0.4) is 0 Å². The second kappa shape index (κ2) is 9.01. The third-order valence-electron chi connectivity index (χ3n) is 5.56. The highest BCUT2D eigenvalue weighted by atomic mass is 32.1. The van der Waals surface area contributed by atoms with E-state index in [1.807, 2.05) is 32.0 Å². The molecule has 0 bridgehead atoms. The monoisotopic (exact) mass is 431 g/mol. The van der Waals surface area contributed by atoms with Gasteiger partial charge >= 0.3 is 0 Å². The summed E-state index contributed by atoms with van der Waals surface area (Å²) >= 11 is 1.53. The van der Waals surface area contributed by atoms with E-state index in [0.717, 1.165) is 39.6 Å². The van der Waals surface area contributed by atoms with Gasteiger partial charge in [-0.2, -0.15) is 5.26 Å². The lowest BCUT2D eigenvalue weighted by Gasteiger charge is -2.14. The molecule has 158 valence electrons. The summed E-state index contributed by atoms with van der Waals surface area (Å²) in [5.74, 6) is 0.877. The Morgan fingerprint density at radius 3 is 2.84 bits per heavy atom. The SMILES string of the molecule is C=C(CCO)[C@H]1CCc2c(-c3nnc(-c4ccc(OC(C)C)c(C#N)c4)s3)cccc21. The third kappa shape index (κ3) is 4.25. The summed E-state index contributed by atoms with van der Waals surface area (Å²) in [6.45, 7) is 8.20. The van der Waals surface area contributed by atoms with Crippen LogP contribution in [0.5, 0.6) is 5.75 Å². The zero-order valence-corrected chi connectivity index (χ0v) is 18.6. The molecule has 0 aliphatic heterocycles. The molecule has 3 aromatic rings. The van der Waals surface area contributed by atoms with Crippen molar-refractivity contribution in [3.63, 3.8) is 0 Å². The molecule has 31 heavy (non-hydrogen) atoms. The van der Waals surface area contributed by atoms with Crippen molar-refractivity contribution in [1.82, 2.24) is 10.2 Å². The van der Waals surface area contributed by atoms with E-state index in [0.29, 0.717) is 23.7 Å². The Kier molecular flexibility index (Phi) is 6.17. The van der Waals surface area contributed by atoms with E-state index in [2.05, 4.69) is 41.0 Å². The minimum atomic E-state index is 0.00328. The molecule has 0 fully saturated rings. The van der Waals surface area contributed by atoms with Crippen LogP contribution in [-0.2, 0) is 6.42 Å². The maximum absolute atomic E-state index is 9.51. The lowest BCUT2D eigenvalue weighted by atomic mass is 9.91. The molecule has 1 atom stereocenters. The number of aliphatic hydroxyl groups is 1. The summed E-state index contributed by atoms with van der Waals surface area (Å²) in [6.07, 6.45) is 2.62. The van der Waals surface area contributed by atoms with E-state index in [-0.39, 0.29) is 12.7 Å². The number of aliphatic hydroxyl groups excluding tert-OH is 1. The summed E-state index contributed by atoms with van der Waals surface area (Å²) in [7, 11) is 0. The average Bonchev–Trinajstić information content (AvgIpc) is 3.41. The van der Waals surface area contributed by atoms with E-state index in [1.165, 1.54) is 22.5 Å². The Balaban J connectivity index is 1.65. The first-order chi connectivity index (χ1) is 15.0. The lowest BCUT2D eigenvalue weighted by molar-refractivity contribution is 0.242. The van der Waals surface area contributed by atoms with Gasteiger partial charge in [0.1, 0.15) is 21.8 Å². The van der Waals surface area contributed by atoms with Gasteiger partial charge in [-0.3, -0.25) is 0 Å². The van der Waals surface area contributed by atoms with Gasteiger partial charge in [-0.25, -0.2) is 0 Å². The first-order valence-corrected chi connectivity index (χ1v) is 11.3. The van der Waals surface area contributed by atoms with Crippen LogP contribution < -0.4 is 4.74 Å². The van der Waals surface area contributed by atoms with Gasteiger partial charge in [0.15, 0.2) is 0 Å². The van der Waals surface area contributed by atoms with Crippen molar-refractivity contribution in [3.05, 3.63) is 65.2 Å². The average molecular weight is 432 g/mol. The largest absolute Gasteiger partial charge is 0.490 e. The van der Waals surface area contributed by atoms with Crippen molar-refractivity contribution in [2.75, 3.05) is 6.61 Å². The molecule has 0 amide bonds. The molecule has 5 nitrogen and oxygen atoms in total. The van der Waals surface area contributed by atoms with Gasteiger partial charge in [0.2, 0.25) is 0 Å². The summed E-state index contributed by atoms with van der Waals surface area (Å²) in [5.41, 5.74) is 6.14. The second-order valence-electron chi connectivity index (χ2n) is 8.00. The maximum Gasteiger partial charge on any atom is 0.148 e. The van der Waals surface area contributed by atoms with Gasteiger partial charge in [-0.05, 0) is 62.4 Å². The molecule has 0 spiro atoms. The Labute approximate surface area is 186 Å². The van der Waals surface area contributed by atoms with Crippen LogP contribution >= 0.6 is 11.3 Å². The first-order valence-electron chi connectivity index (χ1n) is 10.5. The van der Waals surface area contributed by atoms with Gasteiger partial charge in [0.25, 0.3) is 0 Å². The Morgan fingerprint density at radius 1 is 1.29 bits per heavy atom. The third-order valence-corrected chi connectivity index (χ3v) is 6.57. The number of hydrogen-bond acceptors (Lipinski definition) is 6. The van der Waals surface area contributed by atoms with Gasteiger partial charge in [-0.15, -0.1) is 10.2 Å². The summed E-state index contributed by atoms with van der Waals surface area (Å²) < 4.78 is 5.72. The molecule has 0 radical (unpaired) electrons. The van der Waals surface area contributed by atoms with Crippen LogP contribution in [0.1, 0.15) is 49.3 Å². The highest BCUT2D eigenvalue weighted by Crippen LogP contribution is 2.44. The minimum Gasteiger partial charge on any atom is -0.490 e. The molecule has 1 N–H and O–H groups in total. The fourth-order valence-corrected chi connectivity index (χ4v) is 5.04. The number of aromatic nitrogens is 2. The Bertz CT molecular complexity index is 1160. The predicted octanol–water partition coefficient (Wildman–Crippen LogP) is 5.50. The standard InChI is InChI=1S/C25H25N3O2S/c1-15(2)30-23-10-7-17(13-18(23)14-26)24-27-28-25(31-24)22-6-4-5-20-19(8-9-21(20)22)16(3)11-12-29/h4-7,10,13,15,19,29H,3,8-9,11-12H2,1-2H3/t19-/m1/s1. The number of nitriles is 1. The minimum absolute atomic E-state index is 0.00328. The molecule has 0 unspecified atom stereocenters. The van der Waals surface area contributed by atoms with Crippen molar-refractivity contribution in [3.8, 4) is 33.0 Å². The number of hydrogen-bond donors (Lipinski definition) is 1. The Hall–Kier alpha value is -3.01.